The van der Waals surface area contributed by atoms with E-state index in [1.165, 1.54) is 5.56 Å². The molecule has 19 heavy (non-hydrogen) atoms. The molecule has 1 aliphatic heterocycles. The van der Waals surface area contributed by atoms with Crippen molar-refractivity contribution in [3.8, 4) is 0 Å². The van der Waals surface area contributed by atoms with Gasteiger partial charge in [-0.25, -0.2) is 0 Å². The molecule has 0 saturated carbocycles. The number of hydrogen-bond acceptors (Lipinski definition) is 2. The molecule has 1 aliphatic rings. The minimum Gasteiger partial charge on any atom is -0.327 e. The normalized spacial score (nSPS) is 24.6. The summed E-state index contributed by atoms with van der Waals surface area (Å²) < 4.78 is 0. The minimum atomic E-state index is 0. The molecule has 1 aromatic rings. The van der Waals surface area contributed by atoms with Crippen molar-refractivity contribution in [2.75, 3.05) is 13.1 Å². The first-order chi connectivity index (χ1) is 8.42. The van der Waals surface area contributed by atoms with Gasteiger partial charge in [-0.3, -0.25) is 4.90 Å². The molecule has 1 aromatic carbocycles. The summed E-state index contributed by atoms with van der Waals surface area (Å²) in [5.74, 6) is 0. The molecule has 2 atom stereocenters. The highest BCUT2D eigenvalue weighted by Crippen LogP contribution is 2.34. The molecule has 0 radical (unpaired) electrons. The van der Waals surface area contributed by atoms with Gasteiger partial charge in [0.25, 0.3) is 0 Å². The Morgan fingerprint density at radius 2 is 2.00 bits per heavy atom. The van der Waals surface area contributed by atoms with Crippen LogP contribution in [0.25, 0.3) is 0 Å². The Hall–Kier alpha value is -0.280. The van der Waals surface area contributed by atoms with Crippen LogP contribution in [-0.2, 0) is 0 Å². The first kappa shape index (κ1) is 16.8. The largest absolute Gasteiger partial charge is 0.327 e. The maximum absolute atomic E-state index is 6.29. The second-order valence-electron chi connectivity index (χ2n) is 6.05. The molecule has 0 aromatic heterocycles. The van der Waals surface area contributed by atoms with Crippen LogP contribution in [0.2, 0.25) is 5.02 Å². The second-order valence-corrected chi connectivity index (χ2v) is 6.46. The van der Waals surface area contributed by atoms with E-state index < -0.39 is 0 Å². The van der Waals surface area contributed by atoms with Gasteiger partial charge >= 0.3 is 0 Å². The number of hydrogen-bond donors (Lipinski definition) is 1. The molecule has 0 amide bonds. The fourth-order valence-corrected chi connectivity index (χ4v) is 3.05. The summed E-state index contributed by atoms with van der Waals surface area (Å²) in [5.41, 5.74) is 7.58. The Morgan fingerprint density at radius 1 is 1.37 bits per heavy atom. The number of rotatable bonds is 2. The highest BCUT2D eigenvalue weighted by atomic mass is 35.5. The van der Waals surface area contributed by atoms with Crippen LogP contribution in [-0.4, -0.2) is 24.0 Å². The van der Waals surface area contributed by atoms with E-state index in [1.807, 2.05) is 12.1 Å². The third-order valence-electron chi connectivity index (χ3n) is 4.24. The molecular formula is C15H24Cl2N2. The van der Waals surface area contributed by atoms with Crippen LogP contribution in [0.15, 0.2) is 24.3 Å². The lowest BCUT2D eigenvalue weighted by molar-refractivity contribution is 0.0664. The molecule has 2 N–H and O–H groups in total. The van der Waals surface area contributed by atoms with Gasteiger partial charge in [0.2, 0.25) is 0 Å². The number of benzene rings is 1. The molecule has 1 saturated heterocycles. The van der Waals surface area contributed by atoms with Gasteiger partial charge in [-0.1, -0.05) is 43.6 Å². The van der Waals surface area contributed by atoms with E-state index in [0.717, 1.165) is 24.5 Å². The van der Waals surface area contributed by atoms with E-state index >= 15 is 0 Å². The number of nitrogens with zero attached hydrogens (tertiary/aromatic N) is 1. The maximum atomic E-state index is 6.29. The van der Waals surface area contributed by atoms with Crippen molar-refractivity contribution in [3.05, 3.63) is 34.9 Å². The van der Waals surface area contributed by atoms with Crippen molar-refractivity contribution in [2.24, 2.45) is 11.1 Å². The number of nitrogens with two attached hydrogens (primary N) is 1. The zero-order valence-electron chi connectivity index (χ0n) is 11.9. The summed E-state index contributed by atoms with van der Waals surface area (Å²) in [5, 5.41) is 0.859. The first-order valence-electron chi connectivity index (χ1n) is 6.66. The summed E-state index contributed by atoms with van der Waals surface area (Å²) >= 11 is 6.29. The fraction of sp³-hybridized carbons (Fsp3) is 0.600. The van der Waals surface area contributed by atoms with Crippen LogP contribution in [0, 0.1) is 5.41 Å². The first-order valence-corrected chi connectivity index (χ1v) is 7.03. The second kappa shape index (κ2) is 6.45. The van der Waals surface area contributed by atoms with Gasteiger partial charge in [0, 0.05) is 30.2 Å². The summed E-state index contributed by atoms with van der Waals surface area (Å²) in [6.07, 6.45) is 1.06. The van der Waals surface area contributed by atoms with Gasteiger partial charge in [0.15, 0.2) is 0 Å². The van der Waals surface area contributed by atoms with E-state index in [9.17, 15) is 0 Å². The standard InChI is InChI=1S/C15H23ClN2.ClH/c1-11(12-6-4-5-7-13(12)16)18-9-8-14(17)15(2,3)10-18;/h4-7,11,14H,8-10,17H2,1-3H3;1H. The minimum absolute atomic E-state index is 0. The van der Waals surface area contributed by atoms with E-state index in [0.29, 0.717) is 12.1 Å². The van der Waals surface area contributed by atoms with Gasteiger partial charge in [-0.2, -0.15) is 0 Å². The monoisotopic (exact) mass is 302 g/mol. The highest BCUT2D eigenvalue weighted by molar-refractivity contribution is 6.31. The summed E-state index contributed by atoms with van der Waals surface area (Å²) in [6, 6.07) is 8.77. The third-order valence-corrected chi connectivity index (χ3v) is 4.59. The van der Waals surface area contributed by atoms with Gasteiger partial charge in [-0.15, -0.1) is 12.4 Å². The van der Waals surface area contributed by atoms with Crippen LogP contribution in [0.3, 0.4) is 0 Å². The maximum Gasteiger partial charge on any atom is 0.0453 e. The molecule has 1 heterocycles. The van der Waals surface area contributed by atoms with Crippen LogP contribution in [0.5, 0.6) is 0 Å². The number of piperidine rings is 1. The molecule has 4 heteroatoms. The smallest absolute Gasteiger partial charge is 0.0453 e. The molecule has 108 valence electrons. The van der Waals surface area contributed by atoms with Crippen molar-refractivity contribution in [3.63, 3.8) is 0 Å². The quantitative estimate of drug-likeness (QED) is 0.898. The van der Waals surface area contributed by atoms with Gasteiger partial charge in [-0.05, 0) is 30.4 Å². The van der Waals surface area contributed by atoms with Crippen LogP contribution < -0.4 is 5.73 Å². The van der Waals surface area contributed by atoms with Crippen molar-refractivity contribution in [2.45, 2.75) is 39.3 Å². The Balaban J connectivity index is 0.00000180. The summed E-state index contributed by atoms with van der Waals surface area (Å²) in [7, 11) is 0. The predicted molar refractivity (Wildman–Crippen MR) is 85.1 cm³/mol. The molecule has 1 fully saturated rings. The average molecular weight is 303 g/mol. The van der Waals surface area contributed by atoms with Gasteiger partial charge in [0.1, 0.15) is 0 Å². The van der Waals surface area contributed by atoms with Crippen molar-refractivity contribution in [1.29, 1.82) is 0 Å². The van der Waals surface area contributed by atoms with E-state index in [2.05, 4.69) is 37.8 Å². The van der Waals surface area contributed by atoms with Crippen LogP contribution in [0.4, 0.5) is 0 Å². The third kappa shape index (κ3) is 3.63. The average Bonchev–Trinajstić information content (AvgIpc) is 2.32. The van der Waals surface area contributed by atoms with Gasteiger partial charge < -0.3 is 5.73 Å². The molecule has 0 bridgehead atoms. The van der Waals surface area contributed by atoms with E-state index in [-0.39, 0.29) is 17.8 Å². The Bertz CT molecular complexity index is 420. The molecule has 2 rings (SSSR count). The lowest BCUT2D eigenvalue weighted by atomic mass is 9.79. The molecule has 0 spiro atoms. The summed E-state index contributed by atoms with van der Waals surface area (Å²) in [4.78, 5) is 2.49. The number of likely N-dealkylation sites (tertiary alicyclic amines) is 1. The Kier molecular flexibility index (Phi) is 5.69. The zero-order chi connectivity index (χ0) is 13.3. The van der Waals surface area contributed by atoms with Crippen molar-refractivity contribution >= 4 is 24.0 Å². The zero-order valence-corrected chi connectivity index (χ0v) is 13.5. The molecule has 2 unspecified atom stereocenters. The Labute approximate surface area is 127 Å². The van der Waals surface area contributed by atoms with Gasteiger partial charge in [0.05, 0.1) is 0 Å². The molecular weight excluding hydrogens is 279 g/mol. The Morgan fingerprint density at radius 3 is 2.58 bits per heavy atom. The van der Waals surface area contributed by atoms with Crippen molar-refractivity contribution < 1.29 is 0 Å². The lowest BCUT2D eigenvalue weighted by Crippen LogP contribution is -2.52. The van der Waals surface area contributed by atoms with Crippen LogP contribution in [0.1, 0.15) is 38.8 Å². The topological polar surface area (TPSA) is 29.3 Å². The SMILES string of the molecule is CC(c1ccccc1Cl)N1CCC(N)C(C)(C)C1.Cl. The lowest BCUT2D eigenvalue weighted by Gasteiger charge is -2.45. The highest BCUT2D eigenvalue weighted by Gasteiger charge is 2.35. The molecule has 2 nitrogen and oxygen atoms in total. The van der Waals surface area contributed by atoms with E-state index in [1.54, 1.807) is 0 Å². The predicted octanol–water partition coefficient (Wildman–Crippen LogP) is 3.88. The number of halogens is 2. The van der Waals surface area contributed by atoms with Crippen LogP contribution >= 0.6 is 24.0 Å². The fourth-order valence-electron chi connectivity index (χ4n) is 2.76. The van der Waals surface area contributed by atoms with E-state index in [4.69, 9.17) is 17.3 Å². The molecule has 0 aliphatic carbocycles. The summed E-state index contributed by atoms with van der Waals surface area (Å²) in [6.45, 7) is 8.82. The van der Waals surface area contributed by atoms with Crippen molar-refractivity contribution in [1.82, 2.24) is 4.90 Å².